The Bertz CT molecular complexity index is 509. The fraction of sp³-hybridized carbons (Fsp3) is 0.500. The van der Waals surface area contributed by atoms with Gasteiger partial charge in [0.2, 0.25) is 0 Å². The molecule has 0 radical (unpaired) electrons. The lowest BCUT2D eigenvalue weighted by Gasteiger charge is -2.13. The molecule has 0 spiro atoms. The summed E-state index contributed by atoms with van der Waals surface area (Å²) in [6, 6.07) is 4.87. The first-order valence-corrected chi connectivity index (χ1v) is 7.56. The van der Waals surface area contributed by atoms with Gasteiger partial charge in [-0.3, -0.25) is 4.99 Å². The maximum Gasteiger partial charge on any atom is 0.390 e. The second kappa shape index (κ2) is 11.1. The van der Waals surface area contributed by atoms with Crippen molar-refractivity contribution in [3.63, 3.8) is 0 Å². The van der Waals surface area contributed by atoms with Crippen molar-refractivity contribution >= 4 is 45.9 Å². The largest absolute Gasteiger partial charge is 0.390 e. The fourth-order valence-corrected chi connectivity index (χ4v) is 2.09. The van der Waals surface area contributed by atoms with Crippen molar-refractivity contribution in [2.45, 2.75) is 25.4 Å². The molecule has 0 saturated heterocycles. The van der Waals surface area contributed by atoms with E-state index < -0.39 is 12.6 Å². The lowest BCUT2D eigenvalue weighted by molar-refractivity contribution is -0.132. The van der Waals surface area contributed by atoms with Crippen LogP contribution in [-0.4, -0.2) is 32.3 Å². The van der Waals surface area contributed by atoms with Crippen molar-refractivity contribution in [1.82, 2.24) is 10.6 Å². The Morgan fingerprint density at radius 2 is 1.87 bits per heavy atom. The third-order valence-corrected chi connectivity index (χ3v) is 3.35. The SMILES string of the molecule is CN=C(NCCCc1ccc(Br)cc1F)NCCC(F)(F)F.I. The fourth-order valence-electron chi connectivity index (χ4n) is 1.75. The molecule has 0 amide bonds. The van der Waals surface area contributed by atoms with Crippen LogP contribution in [0.2, 0.25) is 0 Å². The van der Waals surface area contributed by atoms with E-state index in [0.29, 0.717) is 35.4 Å². The molecule has 0 bridgehead atoms. The number of alkyl halides is 3. The molecule has 0 fully saturated rings. The summed E-state index contributed by atoms with van der Waals surface area (Å²) in [5.41, 5.74) is 0.602. The standard InChI is InChI=1S/C14H18BrF4N3.HI/c1-20-13(22-8-6-14(17,18)19)21-7-2-3-10-4-5-11(15)9-12(10)16;/h4-5,9H,2-3,6-8H2,1H3,(H2,20,21,22);1H. The minimum Gasteiger partial charge on any atom is -0.356 e. The smallest absolute Gasteiger partial charge is 0.356 e. The molecule has 132 valence electrons. The van der Waals surface area contributed by atoms with E-state index in [1.165, 1.54) is 13.1 Å². The third-order valence-electron chi connectivity index (χ3n) is 2.85. The summed E-state index contributed by atoms with van der Waals surface area (Å²) < 4.78 is 50.4. The van der Waals surface area contributed by atoms with Crippen LogP contribution in [0.4, 0.5) is 17.6 Å². The molecular weight excluding hydrogens is 493 g/mol. The number of hydrogen-bond acceptors (Lipinski definition) is 1. The van der Waals surface area contributed by atoms with Crippen molar-refractivity contribution in [2.24, 2.45) is 4.99 Å². The van der Waals surface area contributed by atoms with Crippen LogP contribution in [0.3, 0.4) is 0 Å². The summed E-state index contributed by atoms with van der Waals surface area (Å²) in [6.07, 6.45) is -3.94. The van der Waals surface area contributed by atoms with E-state index in [9.17, 15) is 17.6 Å². The summed E-state index contributed by atoms with van der Waals surface area (Å²) in [4.78, 5) is 3.83. The van der Waals surface area contributed by atoms with Crippen molar-refractivity contribution in [3.05, 3.63) is 34.1 Å². The Morgan fingerprint density at radius 1 is 1.22 bits per heavy atom. The number of aliphatic imine (C=N–C) groups is 1. The lowest BCUT2D eigenvalue weighted by Crippen LogP contribution is -2.39. The van der Waals surface area contributed by atoms with Gasteiger partial charge >= 0.3 is 6.18 Å². The molecule has 0 unspecified atom stereocenters. The quantitative estimate of drug-likeness (QED) is 0.197. The molecule has 23 heavy (non-hydrogen) atoms. The summed E-state index contributed by atoms with van der Waals surface area (Å²) in [5.74, 6) is 0.0302. The first kappa shape index (κ1) is 22.4. The van der Waals surface area contributed by atoms with Crippen LogP contribution in [0.25, 0.3) is 0 Å². The Hall–Kier alpha value is -0.580. The lowest BCUT2D eigenvalue weighted by atomic mass is 10.1. The zero-order valence-corrected chi connectivity index (χ0v) is 16.4. The number of halogens is 6. The van der Waals surface area contributed by atoms with E-state index in [-0.39, 0.29) is 36.3 Å². The van der Waals surface area contributed by atoms with Crippen LogP contribution in [0.15, 0.2) is 27.7 Å². The summed E-state index contributed by atoms with van der Waals surface area (Å²) in [7, 11) is 1.48. The number of aryl methyl sites for hydroxylation is 1. The van der Waals surface area contributed by atoms with Gasteiger partial charge < -0.3 is 10.6 Å². The van der Waals surface area contributed by atoms with E-state index >= 15 is 0 Å². The Balaban J connectivity index is 0.00000484. The van der Waals surface area contributed by atoms with Gasteiger partial charge in [0.1, 0.15) is 5.82 Å². The second-order valence-electron chi connectivity index (χ2n) is 4.63. The maximum absolute atomic E-state index is 13.6. The predicted octanol–water partition coefficient (Wildman–Crippen LogP) is 4.26. The molecule has 0 aromatic heterocycles. The molecule has 0 aliphatic rings. The topological polar surface area (TPSA) is 36.4 Å². The molecule has 0 heterocycles. The minimum absolute atomic E-state index is 0. The molecule has 1 rings (SSSR count). The molecule has 1 aromatic carbocycles. The van der Waals surface area contributed by atoms with Crippen molar-refractivity contribution in [1.29, 1.82) is 0 Å². The Morgan fingerprint density at radius 3 is 2.43 bits per heavy atom. The van der Waals surface area contributed by atoms with Crippen LogP contribution in [0, 0.1) is 5.82 Å². The molecule has 9 heteroatoms. The number of rotatable bonds is 6. The average molecular weight is 512 g/mol. The van der Waals surface area contributed by atoms with Gasteiger partial charge in [-0.1, -0.05) is 22.0 Å². The van der Waals surface area contributed by atoms with E-state index in [2.05, 4.69) is 31.6 Å². The van der Waals surface area contributed by atoms with Crippen LogP contribution in [0.1, 0.15) is 18.4 Å². The van der Waals surface area contributed by atoms with Gasteiger partial charge in [0, 0.05) is 24.6 Å². The van der Waals surface area contributed by atoms with Crippen LogP contribution < -0.4 is 10.6 Å². The predicted molar refractivity (Wildman–Crippen MR) is 97.9 cm³/mol. The van der Waals surface area contributed by atoms with Crippen LogP contribution >= 0.6 is 39.9 Å². The maximum atomic E-state index is 13.6. The van der Waals surface area contributed by atoms with E-state index in [4.69, 9.17) is 0 Å². The highest BCUT2D eigenvalue weighted by molar-refractivity contribution is 14.0. The van der Waals surface area contributed by atoms with Crippen molar-refractivity contribution in [2.75, 3.05) is 20.1 Å². The van der Waals surface area contributed by atoms with Gasteiger partial charge in [0.05, 0.1) is 6.42 Å². The molecule has 0 atom stereocenters. The zero-order valence-electron chi connectivity index (χ0n) is 12.5. The van der Waals surface area contributed by atoms with Crippen molar-refractivity contribution in [3.8, 4) is 0 Å². The second-order valence-corrected chi connectivity index (χ2v) is 5.55. The Labute approximate surface area is 158 Å². The highest BCUT2D eigenvalue weighted by atomic mass is 127. The van der Waals surface area contributed by atoms with Gasteiger partial charge in [0.25, 0.3) is 0 Å². The first-order chi connectivity index (χ1) is 10.3. The van der Waals surface area contributed by atoms with Crippen LogP contribution in [0.5, 0.6) is 0 Å². The molecular formula is C14H19BrF4IN3. The normalized spacial score (nSPS) is 11.8. The molecule has 0 saturated carbocycles. The number of nitrogens with zero attached hydrogens (tertiary/aromatic N) is 1. The molecule has 0 aliphatic heterocycles. The average Bonchev–Trinajstić information content (AvgIpc) is 2.42. The van der Waals surface area contributed by atoms with Gasteiger partial charge in [-0.15, -0.1) is 24.0 Å². The third kappa shape index (κ3) is 10.0. The molecule has 0 aliphatic carbocycles. The number of hydrogen-bond donors (Lipinski definition) is 2. The number of benzene rings is 1. The minimum atomic E-state index is -4.19. The number of guanidine groups is 1. The van der Waals surface area contributed by atoms with Gasteiger partial charge in [-0.05, 0) is 30.5 Å². The highest BCUT2D eigenvalue weighted by Crippen LogP contribution is 2.18. The molecule has 2 N–H and O–H groups in total. The van der Waals surface area contributed by atoms with Gasteiger partial charge in [-0.25, -0.2) is 4.39 Å². The zero-order chi connectivity index (χ0) is 16.6. The van der Waals surface area contributed by atoms with E-state index in [1.807, 2.05) is 0 Å². The van der Waals surface area contributed by atoms with E-state index in [1.54, 1.807) is 12.1 Å². The summed E-state index contributed by atoms with van der Waals surface area (Å²) in [5, 5.41) is 5.48. The summed E-state index contributed by atoms with van der Waals surface area (Å²) >= 11 is 3.19. The van der Waals surface area contributed by atoms with Crippen molar-refractivity contribution < 1.29 is 17.6 Å². The van der Waals surface area contributed by atoms with Gasteiger partial charge in [0.15, 0.2) is 5.96 Å². The summed E-state index contributed by atoms with van der Waals surface area (Å²) in [6.45, 7) is 0.256. The monoisotopic (exact) mass is 511 g/mol. The highest BCUT2D eigenvalue weighted by Gasteiger charge is 2.26. The van der Waals surface area contributed by atoms with Crippen LogP contribution in [-0.2, 0) is 6.42 Å². The van der Waals surface area contributed by atoms with E-state index in [0.717, 1.165) is 0 Å². The molecule has 3 nitrogen and oxygen atoms in total. The first-order valence-electron chi connectivity index (χ1n) is 6.77. The Kier molecular flexibility index (Phi) is 10.8. The molecule has 1 aromatic rings. The van der Waals surface area contributed by atoms with Gasteiger partial charge in [-0.2, -0.15) is 13.2 Å². The number of nitrogens with one attached hydrogen (secondary N) is 2.